The minimum Gasteiger partial charge on any atom is -0.493 e. The summed E-state index contributed by atoms with van der Waals surface area (Å²) in [4.78, 5) is 12.7. The molecule has 0 bridgehead atoms. The number of carbonyl (C=O) groups is 1. The van der Waals surface area contributed by atoms with Crippen LogP contribution in [0.1, 0.15) is 43.1 Å². The Balaban J connectivity index is 2.46. The van der Waals surface area contributed by atoms with E-state index in [-0.39, 0.29) is 19.1 Å². The Labute approximate surface area is 177 Å². The van der Waals surface area contributed by atoms with Gasteiger partial charge in [-0.1, -0.05) is 44.5 Å². The van der Waals surface area contributed by atoms with E-state index in [2.05, 4.69) is 26.1 Å². The molecular formula is C23H30ClNO4. The molecule has 0 aliphatic heterocycles. The third-order valence-electron chi connectivity index (χ3n) is 4.47. The number of ether oxygens (including phenoxy) is 1. The summed E-state index contributed by atoms with van der Waals surface area (Å²) in [7, 11) is 0. The number of amides is 1. The van der Waals surface area contributed by atoms with Crippen LogP contribution in [0.2, 0.25) is 5.02 Å². The second-order valence-electron chi connectivity index (χ2n) is 7.49. The molecule has 0 unspecified atom stereocenters. The molecule has 2 aromatic rings. The van der Waals surface area contributed by atoms with Crippen molar-refractivity contribution in [2.75, 3.05) is 19.8 Å². The van der Waals surface area contributed by atoms with Gasteiger partial charge in [0.25, 0.3) is 5.91 Å². The third-order valence-corrected chi connectivity index (χ3v) is 4.70. The fraction of sp³-hybridized carbons (Fsp3) is 0.435. The van der Waals surface area contributed by atoms with Crippen LogP contribution in [0.25, 0.3) is 11.1 Å². The highest BCUT2D eigenvalue weighted by Gasteiger charge is 2.18. The summed E-state index contributed by atoms with van der Waals surface area (Å²) < 4.78 is 5.88. The second-order valence-corrected chi connectivity index (χ2v) is 7.93. The largest absolute Gasteiger partial charge is 0.493 e. The van der Waals surface area contributed by atoms with E-state index in [1.807, 2.05) is 24.3 Å². The van der Waals surface area contributed by atoms with Crippen molar-refractivity contribution in [3.05, 3.63) is 52.5 Å². The first-order chi connectivity index (χ1) is 13.9. The molecule has 0 atom stereocenters. The highest BCUT2D eigenvalue weighted by atomic mass is 35.5. The molecule has 0 aromatic heterocycles. The lowest BCUT2D eigenvalue weighted by Gasteiger charge is -2.18. The van der Waals surface area contributed by atoms with Gasteiger partial charge in [-0.2, -0.15) is 0 Å². The number of halogens is 1. The molecule has 0 aliphatic carbocycles. The molecule has 2 aromatic carbocycles. The Kier molecular flexibility index (Phi) is 8.96. The third kappa shape index (κ3) is 6.46. The monoisotopic (exact) mass is 419 g/mol. The summed E-state index contributed by atoms with van der Waals surface area (Å²) in [6.07, 6.45) is 1.61. The highest BCUT2D eigenvalue weighted by Crippen LogP contribution is 2.34. The normalized spacial score (nSPS) is 11.2. The van der Waals surface area contributed by atoms with Crippen LogP contribution in [0.3, 0.4) is 0 Å². The molecule has 0 radical (unpaired) electrons. The minimum absolute atomic E-state index is 0.311. The Bertz CT molecular complexity index is 819. The van der Waals surface area contributed by atoms with Crippen LogP contribution >= 0.6 is 11.6 Å². The Morgan fingerprint density at radius 2 is 1.86 bits per heavy atom. The lowest BCUT2D eigenvalue weighted by atomic mass is 9.93. The molecule has 6 heteroatoms. The number of hydrogen-bond donors (Lipinski definition) is 3. The van der Waals surface area contributed by atoms with Crippen molar-refractivity contribution in [2.45, 2.75) is 39.7 Å². The van der Waals surface area contributed by atoms with Crippen molar-refractivity contribution in [3.8, 4) is 16.9 Å². The Hall–Kier alpha value is -2.08. The van der Waals surface area contributed by atoms with E-state index >= 15 is 0 Å². The number of rotatable bonds is 10. The zero-order valence-electron chi connectivity index (χ0n) is 17.2. The fourth-order valence-corrected chi connectivity index (χ4v) is 3.24. The number of nitrogens with one attached hydrogen (secondary N) is 1. The van der Waals surface area contributed by atoms with Gasteiger partial charge in [0.1, 0.15) is 5.75 Å². The Morgan fingerprint density at radius 3 is 2.48 bits per heavy atom. The molecule has 0 spiro atoms. The average Bonchev–Trinajstić information content (AvgIpc) is 2.70. The number of carbonyl (C=O) groups excluding carboxylic acids is 1. The summed E-state index contributed by atoms with van der Waals surface area (Å²) in [6.45, 7) is 6.20. The first-order valence-corrected chi connectivity index (χ1v) is 10.4. The molecule has 0 saturated heterocycles. The van der Waals surface area contributed by atoms with E-state index in [0.29, 0.717) is 29.5 Å². The summed E-state index contributed by atoms with van der Waals surface area (Å²) in [5.41, 5.74) is 3.23. The topological polar surface area (TPSA) is 78.8 Å². The molecule has 0 aliphatic rings. The number of aliphatic hydroxyl groups excluding tert-OH is 2. The van der Waals surface area contributed by atoms with E-state index in [1.54, 1.807) is 12.1 Å². The number of hydrogen-bond acceptors (Lipinski definition) is 4. The van der Waals surface area contributed by atoms with Gasteiger partial charge in [-0.05, 0) is 54.2 Å². The highest BCUT2D eigenvalue weighted by molar-refractivity contribution is 6.31. The van der Waals surface area contributed by atoms with Crippen LogP contribution < -0.4 is 10.1 Å². The quantitative estimate of drug-likeness (QED) is 0.542. The number of aliphatic hydroxyl groups is 2. The van der Waals surface area contributed by atoms with Gasteiger partial charge >= 0.3 is 0 Å². The van der Waals surface area contributed by atoms with Crippen molar-refractivity contribution < 1.29 is 19.7 Å². The van der Waals surface area contributed by atoms with E-state index in [0.717, 1.165) is 28.9 Å². The van der Waals surface area contributed by atoms with Crippen LogP contribution in [0.5, 0.6) is 5.75 Å². The molecule has 3 N–H and O–H groups in total. The van der Waals surface area contributed by atoms with Crippen molar-refractivity contribution in [1.29, 1.82) is 0 Å². The van der Waals surface area contributed by atoms with Crippen LogP contribution in [0.15, 0.2) is 36.4 Å². The van der Waals surface area contributed by atoms with E-state index in [4.69, 9.17) is 16.3 Å². The predicted octanol–water partition coefficient (Wildman–Crippen LogP) is 4.08. The SMILES string of the molecule is CCCOc1ccc(Cl)cc1-c1ccc(C(=O)NC(CO)CO)c(CC(C)C)c1. The van der Waals surface area contributed by atoms with Crippen LogP contribution in [-0.2, 0) is 6.42 Å². The maximum Gasteiger partial charge on any atom is 0.251 e. The zero-order valence-corrected chi connectivity index (χ0v) is 18.0. The fourth-order valence-electron chi connectivity index (χ4n) is 3.07. The average molecular weight is 420 g/mol. The maximum atomic E-state index is 12.7. The van der Waals surface area contributed by atoms with Gasteiger partial charge in [0.15, 0.2) is 0 Å². The van der Waals surface area contributed by atoms with Gasteiger partial charge < -0.3 is 20.3 Å². The lowest BCUT2D eigenvalue weighted by Crippen LogP contribution is -2.40. The summed E-state index contributed by atoms with van der Waals surface area (Å²) in [5, 5.41) is 21.8. The van der Waals surface area contributed by atoms with Crippen molar-refractivity contribution in [3.63, 3.8) is 0 Å². The van der Waals surface area contributed by atoms with Gasteiger partial charge in [-0.15, -0.1) is 0 Å². The second kappa shape index (κ2) is 11.2. The van der Waals surface area contributed by atoms with Gasteiger partial charge in [-0.3, -0.25) is 4.79 Å². The minimum atomic E-state index is -0.684. The van der Waals surface area contributed by atoms with Crippen LogP contribution in [-0.4, -0.2) is 42.0 Å². The molecule has 0 heterocycles. The molecule has 0 fully saturated rings. The smallest absolute Gasteiger partial charge is 0.251 e. The maximum absolute atomic E-state index is 12.7. The van der Waals surface area contributed by atoms with Crippen LogP contribution in [0.4, 0.5) is 0 Å². The summed E-state index contributed by atoms with van der Waals surface area (Å²) in [5.74, 6) is 0.789. The van der Waals surface area contributed by atoms with Gasteiger partial charge in [0, 0.05) is 16.1 Å². The standard InChI is InChI=1S/C23H30ClNO4/c1-4-9-29-22-8-6-18(24)12-21(22)16-5-7-20(17(11-16)10-15(2)3)23(28)25-19(13-26)14-27/h5-8,11-12,15,19,26-27H,4,9-10,13-14H2,1-3H3,(H,25,28). The van der Waals surface area contributed by atoms with Crippen molar-refractivity contribution in [2.24, 2.45) is 5.92 Å². The number of benzene rings is 2. The molecule has 158 valence electrons. The van der Waals surface area contributed by atoms with Crippen molar-refractivity contribution in [1.82, 2.24) is 5.32 Å². The van der Waals surface area contributed by atoms with Gasteiger partial charge in [-0.25, -0.2) is 0 Å². The van der Waals surface area contributed by atoms with Crippen molar-refractivity contribution >= 4 is 17.5 Å². The molecular weight excluding hydrogens is 390 g/mol. The zero-order chi connectivity index (χ0) is 21.4. The van der Waals surface area contributed by atoms with Crippen LogP contribution in [0, 0.1) is 5.92 Å². The Morgan fingerprint density at radius 1 is 1.14 bits per heavy atom. The molecule has 29 heavy (non-hydrogen) atoms. The van der Waals surface area contributed by atoms with E-state index < -0.39 is 6.04 Å². The summed E-state index contributed by atoms with van der Waals surface area (Å²) in [6, 6.07) is 10.5. The summed E-state index contributed by atoms with van der Waals surface area (Å²) >= 11 is 6.23. The van der Waals surface area contributed by atoms with Gasteiger partial charge in [0.05, 0.1) is 25.9 Å². The molecule has 5 nitrogen and oxygen atoms in total. The first-order valence-electron chi connectivity index (χ1n) is 9.97. The molecule has 1 amide bonds. The molecule has 0 saturated carbocycles. The van der Waals surface area contributed by atoms with E-state index in [1.165, 1.54) is 0 Å². The van der Waals surface area contributed by atoms with E-state index in [9.17, 15) is 15.0 Å². The van der Waals surface area contributed by atoms with Gasteiger partial charge in [0.2, 0.25) is 0 Å². The molecule has 2 rings (SSSR count). The predicted molar refractivity (Wildman–Crippen MR) is 117 cm³/mol. The lowest BCUT2D eigenvalue weighted by molar-refractivity contribution is 0.0878. The first kappa shape index (κ1) is 23.2.